The van der Waals surface area contributed by atoms with E-state index < -0.39 is 40.9 Å². The van der Waals surface area contributed by atoms with Gasteiger partial charge >= 0.3 is 17.5 Å². The molecule has 1 saturated heterocycles. The van der Waals surface area contributed by atoms with Crippen molar-refractivity contribution < 1.29 is 38.2 Å². The van der Waals surface area contributed by atoms with Crippen LogP contribution in [0, 0.1) is 8.99 Å². The van der Waals surface area contributed by atoms with E-state index in [0.717, 1.165) is 9.26 Å². The summed E-state index contributed by atoms with van der Waals surface area (Å²) in [6, 6.07) is 11.1. The van der Waals surface area contributed by atoms with Crippen molar-refractivity contribution in [3.8, 4) is 5.75 Å². The number of esters is 2. The zero-order valence-electron chi connectivity index (χ0n) is 27.6. The smallest absolute Gasteiger partial charge is 0.362 e. The number of benzene rings is 2. The number of rotatable bonds is 10. The molecule has 0 saturated carbocycles. The van der Waals surface area contributed by atoms with Crippen molar-refractivity contribution in [1.82, 2.24) is 10.2 Å². The third-order valence-electron chi connectivity index (χ3n) is 8.21. The van der Waals surface area contributed by atoms with Crippen LogP contribution in [0.2, 0.25) is 0 Å². The molecule has 0 aliphatic carbocycles. The van der Waals surface area contributed by atoms with Crippen LogP contribution in [0.4, 0.5) is 5.69 Å². The number of amides is 3. The fourth-order valence-electron chi connectivity index (χ4n) is 5.72. The molecule has 12 heteroatoms. The average molecular weight is 760 g/mol. The highest BCUT2D eigenvalue weighted by molar-refractivity contribution is 14.1. The first kappa shape index (κ1) is 35.9. The van der Waals surface area contributed by atoms with Crippen LogP contribution in [-0.2, 0) is 39.9 Å². The summed E-state index contributed by atoms with van der Waals surface area (Å²) < 4.78 is 17.1. The van der Waals surface area contributed by atoms with Crippen LogP contribution in [0.5, 0.6) is 5.75 Å². The van der Waals surface area contributed by atoms with Gasteiger partial charge in [0.05, 0.1) is 13.2 Å². The second-order valence-corrected chi connectivity index (χ2v) is 13.9. The van der Waals surface area contributed by atoms with Gasteiger partial charge in [0.2, 0.25) is 17.7 Å². The zero-order chi connectivity index (χ0) is 34.5. The van der Waals surface area contributed by atoms with E-state index in [4.69, 9.17) is 14.2 Å². The highest BCUT2D eigenvalue weighted by Gasteiger charge is 2.56. The number of likely N-dealkylation sites (tertiary alicyclic amines) is 1. The first-order chi connectivity index (χ1) is 22.2. The number of nitrogens with zero attached hydrogens (tertiary/aromatic N) is 2. The maximum atomic E-state index is 13.9. The van der Waals surface area contributed by atoms with Crippen LogP contribution in [-0.4, -0.2) is 79.1 Å². The third kappa shape index (κ3) is 7.96. The van der Waals surface area contributed by atoms with E-state index >= 15 is 0 Å². The van der Waals surface area contributed by atoms with E-state index in [9.17, 15) is 24.0 Å². The zero-order valence-corrected chi connectivity index (χ0v) is 29.8. The van der Waals surface area contributed by atoms with Gasteiger partial charge in [0, 0.05) is 40.9 Å². The largest absolute Gasteiger partial charge is 0.463 e. The second-order valence-electron chi connectivity index (χ2n) is 12.6. The van der Waals surface area contributed by atoms with E-state index in [1.165, 1.54) is 6.08 Å². The molecule has 2 aromatic carbocycles. The molecule has 0 spiro atoms. The number of carbonyl (C=O) groups is 5. The molecule has 3 amide bonds. The lowest BCUT2D eigenvalue weighted by Crippen LogP contribution is -2.57. The lowest BCUT2D eigenvalue weighted by molar-refractivity contribution is -0.177. The summed E-state index contributed by atoms with van der Waals surface area (Å²) in [7, 11) is 1.71. The molecular weight excluding hydrogens is 717 g/mol. The summed E-state index contributed by atoms with van der Waals surface area (Å²) in [4.78, 5) is 69.4. The van der Waals surface area contributed by atoms with E-state index in [2.05, 4.69) is 27.9 Å². The fraction of sp³-hybridized carbons (Fsp3) is 0.457. The Bertz CT molecular complexity index is 1530. The summed E-state index contributed by atoms with van der Waals surface area (Å²) in [6.45, 7) is 9.43. The van der Waals surface area contributed by atoms with Gasteiger partial charge < -0.3 is 29.3 Å². The molecule has 0 radical (unpaired) electrons. The number of hydrogen-bond acceptors (Lipinski definition) is 8. The van der Waals surface area contributed by atoms with Gasteiger partial charge in [-0.15, -0.1) is 0 Å². The van der Waals surface area contributed by atoms with Crippen LogP contribution >= 0.6 is 22.6 Å². The van der Waals surface area contributed by atoms with Gasteiger partial charge in [-0.2, -0.15) is 0 Å². The lowest BCUT2D eigenvalue weighted by Gasteiger charge is -2.36. The summed E-state index contributed by atoms with van der Waals surface area (Å²) in [5.41, 5.74) is -0.638. The molecule has 0 bridgehead atoms. The molecule has 4 rings (SSSR count). The molecule has 2 aliphatic heterocycles. The standard InChI is InChI=1S/C35H42IN3O8/c1-7-45-32(43)35(33(44)46-8-2)21-23-20-22(11-17-27(23)47-35)12-18-28(40)37-29(34(3,4)5)31(42)39-19-9-10-26(39)30(41)38(6)25-15-13-24(36)14-16-25/h11-18,20,26,29H,7-10,19,21H2,1-6H3,(H,37,40)/t26-,29+/m0/s1. The molecule has 2 atom stereocenters. The Morgan fingerprint density at radius 1 is 1.06 bits per heavy atom. The van der Waals surface area contributed by atoms with Crippen molar-refractivity contribution >= 4 is 64.0 Å². The Morgan fingerprint density at radius 2 is 1.70 bits per heavy atom. The Morgan fingerprint density at radius 3 is 2.30 bits per heavy atom. The normalized spacial score (nSPS) is 17.4. The number of ether oxygens (including phenoxy) is 3. The number of nitrogens with one attached hydrogen (secondary N) is 1. The van der Waals surface area contributed by atoms with Gasteiger partial charge in [-0.25, -0.2) is 9.59 Å². The van der Waals surface area contributed by atoms with E-state index in [1.807, 2.05) is 45.0 Å². The van der Waals surface area contributed by atoms with Gasteiger partial charge in [0.1, 0.15) is 17.8 Å². The van der Waals surface area contributed by atoms with Crippen molar-refractivity contribution in [3.63, 3.8) is 0 Å². The van der Waals surface area contributed by atoms with Gasteiger partial charge in [-0.3, -0.25) is 14.4 Å². The van der Waals surface area contributed by atoms with Crippen molar-refractivity contribution in [2.75, 3.05) is 31.7 Å². The molecule has 252 valence electrons. The van der Waals surface area contributed by atoms with E-state index in [0.29, 0.717) is 36.3 Å². The van der Waals surface area contributed by atoms with Crippen LogP contribution in [0.1, 0.15) is 58.6 Å². The Hall–Kier alpha value is -3.94. The minimum atomic E-state index is -1.93. The minimum absolute atomic E-state index is 0.0693. The second kappa shape index (κ2) is 14.9. The number of hydrogen-bond donors (Lipinski definition) is 1. The quantitative estimate of drug-likeness (QED) is 0.165. The maximum Gasteiger partial charge on any atom is 0.362 e. The average Bonchev–Trinajstić information content (AvgIpc) is 3.68. The minimum Gasteiger partial charge on any atom is -0.463 e. The number of fused-ring (bicyclic) bond motifs is 1. The van der Waals surface area contributed by atoms with Gasteiger partial charge in [-0.1, -0.05) is 26.8 Å². The van der Waals surface area contributed by atoms with Crippen molar-refractivity contribution in [3.05, 3.63) is 63.2 Å². The van der Waals surface area contributed by atoms with Gasteiger partial charge in [0.25, 0.3) is 0 Å². The number of anilines is 1. The first-order valence-corrected chi connectivity index (χ1v) is 16.8. The highest BCUT2D eigenvalue weighted by Crippen LogP contribution is 2.38. The molecule has 2 aliphatic rings. The molecule has 0 unspecified atom stereocenters. The SMILES string of the molecule is CCOC(=O)C1(C(=O)OCC)Cc2cc(C=CC(=O)N[C@H](C(=O)N3CCC[C@H]3C(=O)N(C)c3ccc(I)cc3)C(C)(C)C)ccc2O1. The van der Waals surface area contributed by atoms with Crippen LogP contribution in [0.3, 0.4) is 0 Å². The van der Waals surface area contributed by atoms with Gasteiger partial charge in [-0.05, 0) is 103 Å². The van der Waals surface area contributed by atoms with E-state index in [-0.39, 0.29) is 31.4 Å². The summed E-state index contributed by atoms with van der Waals surface area (Å²) >= 11 is 2.21. The Balaban J connectivity index is 1.47. The van der Waals surface area contributed by atoms with Crippen molar-refractivity contribution in [1.29, 1.82) is 0 Å². The first-order valence-electron chi connectivity index (χ1n) is 15.7. The highest BCUT2D eigenvalue weighted by atomic mass is 127. The summed E-state index contributed by atoms with van der Waals surface area (Å²) in [6.07, 6.45) is 4.04. The lowest BCUT2D eigenvalue weighted by atomic mass is 9.85. The topological polar surface area (TPSA) is 132 Å². The molecule has 11 nitrogen and oxygen atoms in total. The molecule has 0 aromatic heterocycles. The number of carbonyl (C=O) groups excluding carboxylic acids is 5. The molecule has 1 fully saturated rings. The molecule has 47 heavy (non-hydrogen) atoms. The van der Waals surface area contributed by atoms with Crippen molar-refractivity contribution in [2.24, 2.45) is 5.41 Å². The molecular formula is C35H42IN3O8. The summed E-state index contributed by atoms with van der Waals surface area (Å²) in [5.74, 6) is -2.28. The van der Waals surface area contributed by atoms with Crippen LogP contribution in [0.15, 0.2) is 48.5 Å². The maximum absolute atomic E-state index is 13.9. The Labute approximate surface area is 289 Å². The fourth-order valence-corrected chi connectivity index (χ4v) is 6.08. The monoisotopic (exact) mass is 759 g/mol. The Kier molecular flexibility index (Phi) is 11.4. The number of likely N-dealkylation sites (N-methyl/N-ethyl adjacent to an activating group) is 1. The summed E-state index contributed by atoms with van der Waals surface area (Å²) in [5, 5.41) is 2.86. The molecule has 2 aromatic rings. The predicted molar refractivity (Wildman–Crippen MR) is 184 cm³/mol. The van der Waals surface area contributed by atoms with Crippen molar-refractivity contribution in [2.45, 2.75) is 71.6 Å². The van der Waals surface area contributed by atoms with E-state index in [1.54, 1.807) is 55.0 Å². The number of halogens is 1. The molecule has 2 heterocycles. The third-order valence-corrected chi connectivity index (χ3v) is 8.93. The molecule has 1 N–H and O–H groups in total. The van der Waals surface area contributed by atoms with Crippen LogP contribution < -0.4 is 15.0 Å². The van der Waals surface area contributed by atoms with Crippen LogP contribution in [0.25, 0.3) is 6.08 Å². The predicted octanol–water partition coefficient (Wildman–Crippen LogP) is 4.29. The van der Waals surface area contributed by atoms with Gasteiger partial charge in [0.15, 0.2) is 0 Å².